The Hall–Kier alpha value is -4.25. The van der Waals surface area contributed by atoms with Crippen molar-refractivity contribution in [2.24, 2.45) is 0 Å². The van der Waals surface area contributed by atoms with Crippen molar-refractivity contribution >= 4 is 23.9 Å². The van der Waals surface area contributed by atoms with E-state index in [-0.39, 0.29) is 0 Å². The zero-order chi connectivity index (χ0) is 22.0. The number of hydrogen-bond acceptors (Lipinski definition) is 2. The van der Waals surface area contributed by atoms with Gasteiger partial charge in [-0.2, -0.15) is 0 Å². The minimum absolute atomic E-state index is 0.850. The van der Waals surface area contributed by atoms with Crippen LogP contribution in [0.2, 0.25) is 0 Å². The van der Waals surface area contributed by atoms with Crippen molar-refractivity contribution in [1.82, 2.24) is 4.48 Å². The van der Waals surface area contributed by atoms with Crippen LogP contribution >= 0.6 is 0 Å². The summed E-state index contributed by atoms with van der Waals surface area (Å²) >= 11 is 0. The van der Waals surface area contributed by atoms with Gasteiger partial charge in [0.2, 0.25) is 0 Å². The molecule has 1 aromatic heterocycles. The first-order valence-electron chi connectivity index (χ1n) is 11.2. The molecule has 4 aromatic rings. The molecule has 0 radical (unpaired) electrons. The molecule has 0 bridgehead atoms. The van der Waals surface area contributed by atoms with E-state index in [1.165, 1.54) is 11.3 Å². The summed E-state index contributed by atoms with van der Waals surface area (Å²) in [6.45, 7) is -1.76. The van der Waals surface area contributed by atoms with Gasteiger partial charge in [0.25, 0.3) is 0 Å². The first kappa shape index (κ1) is 18.3. The topological polar surface area (TPSA) is 26.4 Å². The van der Waals surface area contributed by atoms with E-state index in [2.05, 4.69) is 100 Å². The SMILES string of the molecule is COc1ccc(C2=C3C=CC=[N+]3[B@-]3(c4ccccc4)Oc4ccccc4-c4ccc2n43)cc1. The van der Waals surface area contributed by atoms with Gasteiger partial charge in [-0.05, 0) is 42.0 Å². The first-order chi connectivity index (χ1) is 16.3. The molecule has 0 spiro atoms. The van der Waals surface area contributed by atoms with Crippen molar-refractivity contribution in [3.8, 4) is 22.8 Å². The third kappa shape index (κ3) is 2.34. The number of nitrogens with zero attached hydrogens (tertiary/aromatic N) is 2. The Labute approximate surface area is 192 Å². The van der Waals surface area contributed by atoms with Gasteiger partial charge in [0.1, 0.15) is 12.0 Å². The van der Waals surface area contributed by atoms with Crippen molar-refractivity contribution in [1.29, 1.82) is 0 Å². The van der Waals surface area contributed by atoms with E-state index in [0.29, 0.717) is 0 Å². The van der Waals surface area contributed by atoms with E-state index in [9.17, 15) is 0 Å². The molecule has 0 fully saturated rings. The molecule has 4 nitrogen and oxygen atoms in total. The molecule has 4 heterocycles. The standard InChI is InChI=1S/C28H21BN2O2/c1-32-22-15-13-20(14-16-22)28-25-11-7-19-30(25)29(21-8-3-2-4-9-21)31-24(17-18-26(28)31)23-10-5-6-12-27(23)33-29/h2-19H,1H3/t29-/m0/s1. The van der Waals surface area contributed by atoms with E-state index < -0.39 is 6.62 Å². The van der Waals surface area contributed by atoms with Crippen LogP contribution in [0.5, 0.6) is 11.5 Å². The molecule has 3 aliphatic rings. The average Bonchev–Trinajstić information content (AvgIpc) is 3.54. The second-order valence-corrected chi connectivity index (χ2v) is 8.61. The number of benzene rings is 3. The summed E-state index contributed by atoms with van der Waals surface area (Å²) in [4.78, 5) is 0. The van der Waals surface area contributed by atoms with Gasteiger partial charge in [-0.15, -0.1) is 0 Å². The van der Waals surface area contributed by atoms with Crippen molar-refractivity contribution in [3.63, 3.8) is 0 Å². The molecule has 1 atom stereocenters. The first-order valence-corrected chi connectivity index (χ1v) is 11.2. The van der Waals surface area contributed by atoms with E-state index >= 15 is 0 Å². The van der Waals surface area contributed by atoms with Gasteiger partial charge < -0.3 is 18.4 Å². The summed E-state index contributed by atoms with van der Waals surface area (Å²) in [5.41, 5.74) is 8.04. The summed E-state index contributed by atoms with van der Waals surface area (Å²) in [5.74, 6) is 1.76. The van der Waals surface area contributed by atoms with Gasteiger partial charge in [0.05, 0.1) is 18.4 Å². The molecule has 0 unspecified atom stereocenters. The number of aromatic nitrogens is 1. The number of fused-ring (bicyclic) bond motifs is 4. The maximum Gasteiger partial charge on any atom is 0.597 e. The van der Waals surface area contributed by atoms with Crippen LogP contribution in [0.3, 0.4) is 0 Å². The minimum atomic E-state index is -1.76. The van der Waals surface area contributed by atoms with Crippen LogP contribution < -0.4 is 14.9 Å². The third-order valence-electron chi connectivity index (χ3n) is 7.00. The molecule has 7 rings (SSSR count). The summed E-state index contributed by atoms with van der Waals surface area (Å²) < 4.78 is 17.2. The van der Waals surface area contributed by atoms with Crippen molar-refractivity contribution in [2.75, 3.05) is 7.11 Å². The van der Waals surface area contributed by atoms with Crippen molar-refractivity contribution in [3.05, 3.63) is 120 Å². The largest absolute Gasteiger partial charge is 0.635 e. The lowest BCUT2D eigenvalue weighted by Gasteiger charge is -2.47. The smallest absolute Gasteiger partial charge is 0.597 e. The van der Waals surface area contributed by atoms with Crippen LogP contribution in [0.25, 0.3) is 16.8 Å². The second-order valence-electron chi connectivity index (χ2n) is 8.61. The highest BCUT2D eigenvalue weighted by Crippen LogP contribution is 2.46. The Morgan fingerprint density at radius 3 is 2.39 bits per heavy atom. The van der Waals surface area contributed by atoms with E-state index in [4.69, 9.17) is 9.39 Å². The zero-order valence-electron chi connectivity index (χ0n) is 18.2. The lowest BCUT2D eigenvalue weighted by molar-refractivity contribution is -0.342. The van der Waals surface area contributed by atoms with Gasteiger partial charge in [-0.3, -0.25) is 0 Å². The molecule has 158 valence electrons. The number of hydrogen-bond donors (Lipinski definition) is 0. The molecule has 3 aliphatic heterocycles. The summed E-state index contributed by atoms with van der Waals surface area (Å²) in [7, 11) is 1.70. The van der Waals surface area contributed by atoms with Crippen LogP contribution in [0, 0.1) is 0 Å². The summed E-state index contributed by atoms with van der Waals surface area (Å²) in [5, 5.41) is 0. The Morgan fingerprint density at radius 2 is 1.58 bits per heavy atom. The average molecular weight is 428 g/mol. The highest BCUT2D eigenvalue weighted by molar-refractivity contribution is 6.80. The highest BCUT2D eigenvalue weighted by Gasteiger charge is 2.56. The molecule has 0 saturated carbocycles. The van der Waals surface area contributed by atoms with Crippen LogP contribution in [0.1, 0.15) is 11.3 Å². The van der Waals surface area contributed by atoms with Gasteiger partial charge in [-0.1, -0.05) is 60.1 Å². The summed E-state index contributed by atoms with van der Waals surface area (Å²) in [6.07, 6.45) is 6.44. The molecule has 0 amide bonds. The van der Waals surface area contributed by atoms with Crippen LogP contribution in [-0.2, 0) is 0 Å². The number of allylic oxidation sites excluding steroid dienone is 2. The predicted molar refractivity (Wildman–Crippen MR) is 132 cm³/mol. The molecule has 33 heavy (non-hydrogen) atoms. The second kappa shape index (κ2) is 6.63. The Bertz CT molecular complexity index is 1510. The Kier molecular flexibility index (Phi) is 3.68. The number of para-hydroxylation sites is 1. The van der Waals surface area contributed by atoms with E-state index in [1.807, 2.05) is 18.2 Å². The quantitative estimate of drug-likeness (QED) is 0.443. The maximum atomic E-state index is 7.03. The van der Waals surface area contributed by atoms with E-state index in [1.54, 1.807) is 7.11 Å². The number of methoxy groups -OCH3 is 1. The monoisotopic (exact) mass is 428 g/mol. The number of ether oxygens (including phenoxy) is 1. The fraction of sp³-hybridized carbons (Fsp3) is 0.0357. The molecular formula is C28H21BN2O2. The summed E-state index contributed by atoms with van der Waals surface area (Å²) in [6, 6.07) is 31.7. The van der Waals surface area contributed by atoms with Crippen LogP contribution in [0.4, 0.5) is 0 Å². The molecular weight excluding hydrogens is 407 g/mol. The van der Waals surface area contributed by atoms with Crippen LogP contribution in [0.15, 0.2) is 109 Å². The van der Waals surface area contributed by atoms with Gasteiger partial charge in [-0.25, -0.2) is 0 Å². The normalized spacial score (nSPS) is 19.4. The highest BCUT2D eigenvalue weighted by atomic mass is 16.5. The zero-order valence-corrected chi connectivity index (χ0v) is 18.2. The maximum absolute atomic E-state index is 7.03. The molecule has 3 aromatic carbocycles. The fourth-order valence-electron chi connectivity index (χ4n) is 5.62. The molecule has 0 aliphatic carbocycles. The van der Waals surface area contributed by atoms with Crippen molar-refractivity contribution < 1.29 is 13.9 Å². The number of rotatable bonds is 3. The van der Waals surface area contributed by atoms with Gasteiger partial charge in [0.15, 0.2) is 5.70 Å². The van der Waals surface area contributed by atoms with Gasteiger partial charge in [0, 0.05) is 29.1 Å². The Morgan fingerprint density at radius 1 is 0.818 bits per heavy atom. The third-order valence-corrected chi connectivity index (χ3v) is 7.00. The van der Waals surface area contributed by atoms with Gasteiger partial charge >= 0.3 is 6.62 Å². The lowest BCUT2D eigenvalue weighted by atomic mass is 9.54. The predicted octanol–water partition coefficient (Wildman–Crippen LogP) is 4.68. The molecule has 0 saturated heterocycles. The molecule has 5 heteroatoms. The van der Waals surface area contributed by atoms with E-state index in [0.717, 1.165) is 39.5 Å². The minimum Gasteiger partial charge on any atom is -0.635 e. The lowest BCUT2D eigenvalue weighted by Crippen LogP contribution is -2.70. The Balaban J connectivity index is 1.59. The van der Waals surface area contributed by atoms with Crippen LogP contribution in [-0.4, -0.2) is 28.9 Å². The molecule has 0 N–H and O–H groups in total. The van der Waals surface area contributed by atoms with Crippen molar-refractivity contribution in [2.45, 2.75) is 0 Å². The fourth-order valence-corrected chi connectivity index (χ4v) is 5.62.